The summed E-state index contributed by atoms with van der Waals surface area (Å²) in [5.74, 6) is -0.528. The predicted octanol–water partition coefficient (Wildman–Crippen LogP) is 1.26. The number of primary amides is 1. The molecule has 0 aromatic carbocycles. The van der Waals surface area contributed by atoms with E-state index >= 15 is 0 Å². The van der Waals surface area contributed by atoms with E-state index < -0.39 is 5.91 Å². The second-order valence-corrected chi connectivity index (χ2v) is 5.40. The number of ether oxygens (including phenoxy) is 1. The number of imidazole rings is 1. The maximum absolute atomic E-state index is 11.2. The first-order valence-corrected chi connectivity index (χ1v) is 7.11. The normalized spacial score (nSPS) is 18.1. The highest BCUT2D eigenvalue weighted by molar-refractivity contribution is 5.91. The molecule has 0 aliphatic carbocycles. The highest BCUT2D eigenvalue weighted by atomic mass is 16.5. The Kier molecular flexibility index (Phi) is 2.93. The van der Waals surface area contributed by atoms with Gasteiger partial charge in [0.15, 0.2) is 0 Å². The molecular formula is C15H15N5O2. The quantitative estimate of drug-likeness (QED) is 0.788. The summed E-state index contributed by atoms with van der Waals surface area (Å²) in [4.78, 5) is 15.4. The molecule has 112 valence electrons. The van der Waals surface area contributed by atoms with E-state index in [1.807, 2.05) is 35.4 Å². The molecule has 3 aromatic rings. The molecule has 1 atom stereocenters. The van der Waals surface area contributed by atoms with Crippen LogP contribution in [0.25, 0.3) is 16.8 Å². The topological polar surface area (TPSA) is 87.4 Å². The molecule has 0 saturated carbocycles. The van der Waals surface area contributed by atoms with Crippen LogP contribution in [-0.2, 0) is 4.74 Å². The molecule has 7 nitrogen and oxygen atoms in total. The summed E-state index contributed by atoms with van der Waals surface area (Å²) in [5.41, 5.74) is 8.23. The predicted molar refractivity (Wildman–Crippen MR) is 79.4 cm³/mol. The van der Waals surface area contributed by atoms with Crippen molar-refractivity contribution < 1.29 is 9.53 Å². The fourth-order valence-corrected chi connectivity index (χ4v) is 2.70. The Morgan fingerprint density at radius 3 is 2.95 bits per heavy atom. The van der Waals surface area contributed by atoms with Gasteiger partial charge in [0.1, 0.15) is 11.3 Å². The Bertz CT molecular complexity index is 845. The fourth-order valence-electron chi connectivity index (χ4n) is 2.70. The van der Waals surface area contributed by atoms with Gasteiger partial charge < -0.3 is 14.9 Å². The minimum absolute atomic E-state index is 0.260. The standard InChI is InChI=1S/C15H15N5O2/c16-15(21)13-8-19-6-10(1-2-14(19)18-13)11-5-17-20(7-11)12-3-4-22-9-12/h1-2,5-8,12H,3-4,9H2,(H2,16,21)/t12-/m1/s1. The molecule has 1 amide bonds. The zero-order chi connectivity index (χ0) is 15.1. The number of nitrogens with zero attached hydrogens (tertiary/aromatic N) is 4. The maximum atomic E-state index is 11.2. The lowest BCUT2D eigenvalue weighted by molar-refractivity contribution is 0.0996. The molecule has 2 N–H and O–H groups in total. The van der Waals surface area contributed by atoms with Crippen molar-refractivity contribution in [1.29, 1.82) is 0 Å². The molecular weight excluding hydrogens is 282 g/mol. The highest BCUT2D eigenvalue weighted by Crippen LogP contribution is 2.24. The number of carbonyl (C=O) groups is 1. The molecule has 0 spiro atoms. The van der Waals surface area contributed by atoms with Gasteiger partial charge in [-0.1, -0.05) is 0 Å². The van der Waals surface area contributed by atoms with E-state index in [2.05, 4.69) is 10.1 Å². The van der Waals surface area contributed by atoms with Crippen LogP contribution in [0.3, 0.4) is 0 Å². The van der Waals surface area contributed by atoms with Gasteiger partial charge in [0, 0.05) is 36.3 Å². The Morgan fingerprint density at radius 2 is 2.18 bits per heavy atom. The van der Waals surface area contributed by atoms with E-state index in [9.17, 15) is 4.79 Å². The smallest absolute Gasteiger partial charge is 0.268 e. The van der Waals surface area contributed by atoms with Crippen molar-refractivity contribution in [3.8, 4) is 11.1 Å². The molecule has 0 radical (unpaired) electrons. The minimum Gasteiger partial charge on any atom is -0.379 e. The van der Waals surface area contributed by atoms with Crippen LogP contribution < -0.4 is 5.73 Å². The van der Waals surface area contributed by atoms with Crippen LogP contribution in [-0.4, -0.2) is 38.3 Å². The van der Waals surface area contributed by atoms with E-state index in [0.29, 0.717) is 18.3 Å². The molecule has 1 saturated heterocycles. The number of hydrogen-bond donors (Lipinski definition) is 1. The first kappa shape index (κ1) is 13.0. The van der Waals surface area contributed by atoms with Gasteiger partial charge >= 0.3 is 0 Å². The molecule has 22 heavy (non-hydrogen) atoms. The van der Waals surface area contributed by atoms with Gasteiger partial charge in [-0.15, -0.1) is 0 Å². The van der Waals surface area contributed by atoms with Crippen molar-refractivity contribution in [3.63, 3.8) is 0 Å². The number of carbonyl (C=O) groups excluding carboxylic acids is 1. The monoisotopic (exact) mass is 297 g/mol. The number of hydrogen-bond acceptors (Lipinski definition) is 4. The maximum Gasteiger partial charge on any atom is 0.268 e. The zero-order valence-corrected chi connectivity index (χ0v) is 11.8. The first-order valence-electron chi connectivity index (χ1n) is 7.11. The van der Waals surface area contributed by atoms with Crippen LogP contribution in [0.15, 0.2) is 36.9 Å². The molecule has 1 fully saturated rings. The van der Waals surface area contributed by atoms with Gasteiger partial charge in [0.05, 0.1) is 18.8 Å². The van der Waals surface area contributed by atoms with Gasteiger partial charge in [-0.25, -0.2) is 4.98 Å². The SMILES string of the molecule is NC(=O)c1cn2cc(-c3cnn([C@@H]4CCOC4)c3)ccc2n1. The van der Waals surface area contributed by atoms with Crippen LogP contribution in [0.5, 0.6) is 0 Å². The average Bonchev–Trinajstić information content (AvgIpc) is 3.24. The van der Waals surface area contributed by atoms with Crippen molar-refractivity contribution in [3.05, 3.63) is 42.6 Å². The molecule has 0 bridgehead atoms. The van der Waals surface area contributed by atoms with Crippen LogP contribution >= 0.6 is 0 Å². The Balaban J connectivity index is 1.69. The lowest BCUT2D eigenvalue weighted by Gasteiger charge is -2.06. The first-order chi connectivity index (χ1) is 10.7. The van der Waals surface area contributed by atoms with Crippen LogP contribution in [0.2, 0.25) is 0 Å². The van der Waals surface area contributed by atoms with Crippen molar-refractivity contribution >= 4 is 11.6 Å². The second kappa shape index (κ2) is 4.96. The number of rotatable bonds is 3. The zero-order valence-electron chi connectivity index (χ0n) is 11.8. The van der Waals surface area contributed by atoms with Crippen molar-refractivity contribution in [2.45, 2.75) is 12.5 Å². The average molecular weight is 297 g/mol. The van der Waals surface area contributed by atoms with E-state index in [-0.39, 0.29) is 5.69 Å². The molecule has 4 rings (SSSR count). The van der Waals surface area contributed by atoms with Gasteiger partial charge in [-0.2, -0.15) is 5.10 Å². The van der Waals surface area contributed by atoms with E-state index in [1.54, 1.807) is 10.6 Å². The lowest BCUT2D eigenvalue weighted by Crippen LogP contribution is -2.10. The number of fused-ring (bicyclic) bond motifs is 1. The molecule has 0 unspecified atom stereocenters. The largest absolute Gasteiger partial charge is 0.379 e. The molecule has 7 heteroatoms. The molecule has 1 aliphatic rings. The summed E-state index contributed by atoms with van der Waals surface area (Å²) < 4.78 is 9.14. The summed E-state index contributed by atoms with van der Waals surface area (Å²) in [6.45, 7) is 1.50. The summed E-state index contributed by atoms with van der Waals surface area (Å²) >= 11 is 0. The van der Waals surface area contributed by atoms with Gasteiger partial charge in [0.2, 0.25) is 0 Å². The Hall–Kier alpha value is -2.67. The highest BCUT2D eigenvalue weighted by Gasteiger charge is 2.18. The summed E-state index contributed by atoms with van der Waals surface area (Å²) in [6.07, 6.45) is 8.40. The van der Waals surface area contributed by atoms with Crippen LogP contribution in [0.1, 0.15) is 23.0 Å². The van der Waals surface area contributed by atoms with Crippen molar-refractivity contribution in [2.75, 3.05) is 13.2 Å². The fraction of sp³-hybridized carbons (Fsp3) is 0.267. The van der Waals surface area contributed by atoms with Crippen molar-refractivity contribution in [1.82, 2.24) is 19.2 Å². The van der Waals surface area contributed by atoms with Gasteiger partial charge in [-0.05, 0) is 18.6 Å². The Morgan fingerprint density at radius 1 is 1.27 bits per heavy atom. The van der Waals surface area contributed by atoms with Crippen LogP contribution in [0.4, 0.5) is 0 Å². The second-order valence-electron chi connectivity index (χ2n) is 5.40. The van der Waals surface area contributed by atoms with E-state index in [1.165, 1.54) is 0 Å². The number of amides is 1. The van der Waals surface area contributed by atoms with E-state index in [0.717, 1.165) is 24.2 Å². The van der Waals surface area contributed by atoms with Crippen molar-refractivity contribution in [2.24, 2.45) is 5.73 Å². The summed E-state index contributed by atoms with van der Waals surface area (Å²) in [5, 5.41) is 4.43. The number of nitrogens with two attached hydrogens (primary N) is 1. The van der Waals surface area contributed by atoms with Crippen LogP contribution in [0, 0.1) is 0 Å². The third-order valence-corrected chi connectivity index (χ3v) is 3.92. The molecule has 4 heterocycles. The van der Waals surface area contributed by atoms with Gasteiger partial charge in [-0.3, -0.25) is 9.48 Å². The summed E-state index contributed by atoms with van der Waals surface area (Å²) in [7, 11) is 0. The van der Waals surface area contributed by atoms with Gasteiger partial charge in [0.25, 0.3) is 5.91 Å². The molecule has 1 aliphatic heterocycles. The number of pyridine rings is 1. The van der Waals surface area contributed by atoms with E-state index in [4.69, 9.17) is 10.5 Å². The molecule has 3 aromatic heterocycles. The minimum atomic E-state index is -0.528. The Labute approximate surface area is 126 Å². The third kappa shape index (κ3) is 2.15. The lowest BCUT2D eigenvalue weighted by atomic mass is 10.1. The third-order valence-electron chi connectivity index (χ3n) is 3.92. The summed E-state index contributed by atoms with van der Waals surface area (Å²) in [6, 6.07) is 4.13. The number of aromatic nitrogens is 4.